The van der Waals surface area contributed by atoms with Crippen LogP contribution in [0.4, 0.5) is 13.6 Å². The molecule has 2 aromatic carbocycles. The molecule has 1 saturated heterocycles. The molecule has 1 aliphatic rings. The Balaban J connectivity index is 1.85. The van der Waals surface area contributed by atoms with Gasteiger partial charge in [-0.2, -0.15) is 0 Å². The zero-order chi connectivity index (χ0) is 19.1. The third kappa shape index (κ3) is 2.96. The lowest BCUT2D eigenvalue weighted by atomic mass is 9.91. The molecule has 3 amide bonds. The Bertz CT molecular complexity index is 912. The van der Waals surface area contributed by atoms with Crippen LogP contribution < -0.4 is 5.32 Å². The van der Waals surface area contributed by atoms with Crippen molar-refractivity contribution in [2.75, 3.05) is 6.54 Å². The number of aryl methyl sites for hydroxylation is 1. The molecule has 0 aliphatic carbocycles. The van der Waals surface area contributed by atoms with E-state index in [-0.39, 0.29) is 5.56 Å². The minimum Gasteiger partial charge on any atom is -0.319 e. The zero-order valence-corrected chi connectivity index (χ0v) is 14.2. The topological polar surface area (TPSA) is 66.5 Å². The molecule has 7 heteroatoms. The van der Waals surface area contributed by atoms with Crippen molar-refractivity contribution >= 4 is 17.7 Å². The number of amides is 3. The van der Waals surface area contributed by atoms with Crippen LogP contribution in [0.2, 0.25) is 0 Å². The number of carbonyl (C=O) groups excluding carboxylic acids is 3. The molecule has 0 saturated carbocycles. The van der Waals surface area contributed by atoms with Gasteiger partial charge in [-0.05, 0) is 31.5 Å². The summed E-state index contributed by atoms with van der Waals surface area (Å²) in [6.07, 6.45) is 0. The van der Waals surface area contributed by atoms with Gasteiger partial charge >= 0.3 is 6.03 Å². The second-order valence-corrected chi connectivity index (χ2v) is 6.36. The first-order valence-electron chi connectivity index (χ1n) is 7.92. The third-order valence-electron chi connectivity index (χ3n) is 4.44. The largest absolute Gasteiger partial charge is 0.325 e. The fraction of sp³-hybridized carbons (Fsp3) is 0.211. The van der Waals surface area contributed by atoms with Crippen molar-refractivity contribution in [3.05, 3.63) is 70.8 Å². The molecule has 0 bridgehead atoms. The zero-order valence-electron chi connectivity index (χ0n) is 14.2. The fourth-order valence-electron chi connectivity index (χ4n) is 2.87. The summed E-state index contributed by atoms with van der Waals surface area (Å²) in [6, 6.07) is 8.83. The summed E-state index contributed by atoms with van der Waals surface area (Å²) in [7, 11) is 0. The molecule has 5 nitrogen and oxygen atoms in total. The molecule has 1 atom stereocenters. The number of urea groups is 1. The lowest BCUT2D eigenvalue weighted by molar-refractivity contribution is -0.130. The predicted molar refractivity (Wildman–Crippen MR) is 89.5 cm³/mol. The molecule has 0 unspecified atom stereocenters. The maximum Gasteiger partial charge on any atom is 0.325 e. The van der Waals surface area contributed by atoms with E-state index in [1.165, 1.54) is 0 Å². The van der Waals surface area contributed by atoms with Crippen molar-refractivity contribution in [3.63, 3.8) is 0 Å². The summed E-state index contributed by atoms with van der Waals surface area (Å²) in [6.45, 7) is 2.80. The molecule has 0 spiro atoms. The number of nitrogens with one attached hydrogen (secondary N) is 1. The van der Waals surface area contributed by atoms with Gasteiger partial charge in [0.1, 0.15) is 17.2 Å². The Kier molecular flexibility index (Phi) is 4.31. The van der Waals surface area contributed by atoms with E-state index in [9.17, 15) is 23.2 Å². The van der Waals surface area contributed by atoms with Crippen LogP contribution in [-0.2, 0) is 10.3 Å². The molecule has 0 radical (unpaired) electrons. The highest BCUT2D eigenvalue weighted by Gasteiger charge is 2.49. The minimum atomic E-state index is -1.31. The molecule has 1 fully saturated rings. The molecular formula is C19H16F2N2O3. The van der Waals surface area contributed by atoms with E-state index >= 15 is 0 Å². The van der Waals surface area contributed by atoms with Gasteiger partial charge in [-0.15, -0.1) is 0 Å². The van der Waals surface area contributed by atoms with E-state index < -0.39 is 41.4 Å². The minimum absolute atomic E-state index is 0.379. The first kappa shape index (κ1) is 17.7. The molecular weight excluding hydrogens is 342 g/mol. The van der Waals surface area contributed by atoms with Crippen LogP contribution in [0.1, 0.15) is 28.4 Å². The van der Waals surface area contributed by atoms with Gasteiger partial charge < -0.3 is 5.32 Å². The smallest absolute Gasteiger partial charge is 0.319 e. The van der Waals surface area contributed by atoms with E-state index in [1.54, 1.807) is 19.1 Å². The molecule has 134 valence electrons. The number of imide groups is 1. The molecule has 1 aliphatic heterocycles. The average molecular weight is 358 g/mol. The number of Topliss-reactive ketones (excluding diaryl/α,β-unsaturated/α-hetero) is 1. The standard InChI is InChI=1S/C19H16F2N2O3/c1-11-3-5-12(6-4-11)19(2)17(25)23(18(26)22-19)10-16(24)14-8-7-13(20)9-15(14)21/h3-9H,10H2,1-2H3,(H,22,26)/t19-/m1/s1. The quantitative estimate of drug-likeness (QED) is 0.675. The molecule has 1 heterocycles. The van der Waals surface area contributed by atoms with Crippen molar-refractivity contribution < 1.29 is 23.2 Å². The van der Waals surface area contributed by atoms with E-state index in [0.29, 0.717) is 11.6 Å². The molecule has 3 rings (SSSR count). The lowest BCUT2D eigenvalue weighted by Gasteiger charge is -2.22. The van der Waals surface area contributed by atoms with Crippen LogP contribution in [-0.4, -0.2) is 29.2 Å². The van der Waals surface area contributed by atoms with Gasteiger partial charge in [0.15, 0.2) is 5.78 Å². The van der Waals surface area contributed by atoms with Crippen molar-refractivity contribution in [2.24, 2.45) is 0 Å². The second kappa shape index (κ2) is 6.33. The Morgan fingerprint density at radius 1 is 1.12 bits per heavy atom. The van der Waals surface area contributed by atoms with Gasteiger partial charge in [-0.1, -0.05) is 29.8 Å². The van der Waals surface area contributed by atoms with E-state index in [4.69, 9.17) is 0 Å². The highest BCUT2D eigenvalue weighted by Crippen LogP contribution is 2.29. The van der Waals surface area contributed by atoms with E-state index in [1.807, 2.05) is 19.1 Å². The lowest BCUT2D eigenvalue weighted by Crippen LogP contribution is -2.41. The number of hydrogen-bond donors (Lipinski definition) is 1. The highest BCUT2D eigenvalue weighted by atomic mass is 19.1. The van der Waals surface area contributed by atoms with Crippen LogP contribution in [0, 0.1) is 18.6 Å². The molecule has 1 N–H and O–H groups in total. The summed E-state index contributed by atoms with van der Waals surface area (Å²) in [5.74, 6) is -3.26. The summed E-state index contributed by atoms with van der Waals surface area (Å²) >= 11 is 0. The number of carbonyl (C=O) groups is 3. The van der Waals surface area contributed by atoms with Crippen molar-refractivity contribution in [1.82, 2.24) is 10.2 Å². The van der Waals surface area contributed by atoms with Crippen molar-refractivity contribution in [3.8, 4) is 0 Å². The fourth-order valence-corrected chi connectivity index (χ4v) is 2.87. The summed E-state index contributed by atoms with van der Waals surface area (Å²) in [5, 5.41) is 2.58. The maximum atomic E-state index is 13.8. The van der Waals surface area contributed by atoms with Gasteiger partial charge in [0, 0.05) is 6.07 Å². The molecule has 2 aromatic rings. The van der Waals surface area contributed by atoms with Gasteiger partial charge in [0.25, 0.3) is 5.91 Å². The van der Waals surface area contributed by atoms with Gasteiger partial charge in [0.2, 0.25) is 0 Å². The number of hydrogen-bond acceptors (Lipinski definition) is 3. The maximum absolute atomic E-state index is 13.8. The first-order chi connectivity index (χ1) is 12.2. The predicted octanol–water partition coefficient (Wildman–Crippen LogP) is 2.92. The normalized spacial score (nSPS) is 19.6. The van der Waals surface area contributed by atoms with Crippen LogP contribution in [0.15, 0.2) is 42.5 Å². The van der Waals surface area contributed by atoms with E-state index in [2.05, 4.69) is 5.32 Å². The van der Waals surface area contributed by atoms with E-state index in [0.717, 1.165) is 22.6 Å². The second-order valence-electron chi connectivity index (χ2n) is 6.36. The highest BCUT2D eigenvalue weighted by molar-refractivity contribution is 6.11. The third-order valence-corrected chi connectivity index (χ3v) is 4.44. The average Bonchev–Trinajstić information content (AvgIpc) is 2.79. The SMILES string of the molecule is Cc1ccc([C@@]2(C)NC(=O)N(CC(=O)c3ccc(F)cc3F)C2=O)cc1. The van der Waals surface area contributed by atoms with Crippen LogP contribution >= 0.6 is 0 Å². The van der Waals surface area contributed by atoms with Crippen LogP contribution in [0.3, 0.4) is 0 Å². The van der Waals surface area contributed by atoms with Crippen molar-refractivity contribution in [1.29, 1.82) is 0 Å². The van der Waals surface area contributed by atoms with Gasteiger partial charge in [-0.25, -0.2) is 13.6 Å². The van der Waals surface area contributed by atoms with Gasteiger partial charge in [0.05, 0.1) is 12.1 Å². The van der Waals surface area contributed by atoms with Crippen molar-refractivity contribution in [2.45, 2.75) is 19.4 Å². The van der Waals surface area contributed by atoms with Crippen LogP contribution in [0.25, 0.3) is 0 Å². The van der Waals surface area contributed by atoms with Crippen LogP contribution in [0.5, 0.6) is 0 Å². The first-order valence-corrected chi connectivity index (χ1v) is 7.92. The number of ketones is 1. The molecule has 26 heavy (non-hydrogen) atoms. The summed E-state index contributed by atoms with van der Waals surface area (Å²) < 4.78 is 26.7. The Labute approximate surface area is 148 Å². The summed E-state index contributed by atoms with van der Waals surface area (Å²) in [5.41, 5.74) is -0.125. The number of nitrogens with zero attached hydrogens (tertiary/aromatic N) is 1. The number of rotatable bonds is 4. The van der Waals surface area contributed by atoms with Gasteiger partial charge in [-0.3, -0.25) is 14.5 Å². The summed E-state index contributed by atoms with van der Waals surface area (Å²) in [4.78, 5) is 38.0. The molecule has 0 aromatic heterocycles. The Morgan fingerprint density at radius 2 is 1.77 bits per heavy atom. The Morgan fingerprint density at radius 3 is 2.38 bits per heavy atom. The monoisotopic (exact) mass is 358 g/mol. The number of halogens is 2. The number of benzene rings is 2. The Hall–Kier alpha value is -3.09.